The number of benzene rings is 2. The number of sulfone groups is 1. The molecule has 2 N–H and O–H groups in total. The molecule has 1 atom stereocenters. The van der Waals surface area contributed by atoms with Crippen LogP contribution in [0.5, 0.6) is 0 Å². The Hall–Kier alpha value is -1.76. The average Bonchev–Trinajstić information content (AvgIpc) is 2.47. The molecule has 2 aromatic carbocycles. The van der Waals surface area contributed by atoms with Crippen molar-refractivity contribution < 1.29 is 18.3 Å². The summed E-state index contributed by atoms with van der Waals surface area (Å²) in [6.45, 7) is 1.56. The maximum absolute atomic E-state index is 11.6. The van der Waals surface area contributed by atoms with Crippen molar-refractivity contribution in [1.82, 2.24) is 0 Å². The third kappa shape index (κ3) is 4.20. The van der Waals surface area contributed by atoms with Crippen LogP contribution >= 0.6 is 23.2 Å². The van der Waals surface area contributed by atoms with Gasteiger partial charge in [0.25, 0.3) is 0 Å². The molecule has 2 aromatic rings. The van der Waals surface area contributed by atoms with E-state index in [4.69, 9.17) is 23.2 Å². The fourth-order valence-corrected chi connectivity index (χ4v) is 3.23. The summed E-state index contributed by atoms with van der Waals surface area (Å²) in [5.74, 6) is -1.72. The lowest BCUT2D eigenvalue weighted by molar-refractivity contribution is -0.138. The van der Waals surface area contributed by atoms with E-state index < -0.39 is 21.7 Å². The summed E-state index contributed by atoms with van der Waals surface area (Å²) in [5, 5.41) is 12.9. The molecule has 1 unspecified atom stereocenters. The van der Waals surface area contributed by atoms with Gasteiger partial charge >= 0.3 is 5.97 Å². The van der Waals surface area contributed by atoms with E-state index in [1.165, 1.54) is 18.2 Å². The Balaban J connectivity index is 2.45. The van der Waals surface area contributed by atoms with Crippen LogP contribution in [-0.4, -0.2) is 25.7 Å². The van der Waals surface area contributed by atoms with Crippen LogP contribution < -0.4 is 5.32 Å². The van der Waals surface area contributed by atoms with E-state index in [0.29, 0.717) is 22.0 Å². The maximum atomic E-state index is 11.6. The Morgan fingerprint density at radius 1 is 1.12 bits per heavy atom. The molecule has 0 amide bonds. The molecule has 0 saturated carbocycles. The van der Waals surface area contributed by atoms with E-state index in [0.717, 1.165) is 6.26 Å². The van der Waals surface area contributed by atoms with Crippen LogP contribution in [0.15, 0.2) is 41.3 Å². The van der Waals surface area contributed by atoms with E-state index in [1.807, 2.05) is 0 Å². The minimum Gasteiger partial charge on any atom is -0.481 e. The van der Waals surface area contributed by atoms with Gasteiger partial charge in [-0.15, -0.1) is 0 Å². The second-order valence-electron chi connectivity index (χ2n) is 5.33. The Kier molecular flexibility index (Phi) is 5.42. The molecule has 0 saturated heterocycles. The molecule has 0 aromatic heterocycles. The van der Waals surface area contributed by atoms with Crippen LogP contribution in [0.25, 0.3) is 0 Å². The fourth-order valence-electron chi connectivity index (χ4n) is 2.12. The Bertz CT molecular complexity index is 897. The highest BCUT2D eigenvalue weighted by Crippen LogP contribution is 2.33. The van der Waals surface area contributed by atoms with Gasteiger partial charge in [0.05, 0.1) is 21.5 Å². The van der Waals surface area contributed by atoms with Crippen LogP contribution in [-0.2, 0) is 14.6 Å². The lowest BCUT2D eigenvalue weighted by Crippen LogP contribution is -2.10. The number of aliphatic carboxylic acids is 1. The molecule has 8 heteroatoms. The van der Waals surface area contributed by atoms with Crippen molar-refractivity contribution in [3.05, 3.63) is 52.0 Å². The van der Waals surface area contributed by atoms with E-state index >= 15 is 0 Å². The molecular formula is C16H15Cl2NO4S. The predicted octanol–water partition coefficient (Wildman–Crippen LogP) is 4.33. The molecular weight excluding hydrogens is 373 g/mol. The van der Waals surface area contributed by atoms with Crippen LogP contribution in [0.1, 0.15) is 18.4 Å². The van der Waals surface area contributed by atoms with Crippen molar-refractivity contribution in [2.75, 3.05) is 11.6 Å². The Morgan fingerprint density at radius 2 is 1.79 bits per heavy atom. The first-order chi connectivity index (χ1) is 11.1. The van der Waals surface area contributed by atoms with Crippen molar-refractivity contribution in [3.63, 3.8) is 0 Å². The molecule has 128 valence electrons. The van der Waals surface area contributed by atoms with Crippen LogP contribution in [0, 0.1) is 0 Å². The Labute approximate surface area is 150 Å². The molecule has 5 nitrogen and oxygen atoms in total. The van der Waals surface area contributed by atoms with Crippen molar-refractivity contribution >= 4 is 50.4 Å². The minimum absolute atomic E-state index is 0.100. The maximum Gasteiger partial charge on any atom is 0.310 e. The molecule has 0 aliphatic rings. The van der Waals surface area contributed by atoms with Gasteiger partial charge in [0.1, 0.15) is 0 Å². The zero-order valence-corrected chi connectivity index (χ0v) is 15.2. The molecule has 0 radical (unpaired) electrons. The van der Waals surface area contributed by atoms with Gasteiger partial charge in [0.15, 0.2) is 9.84 Å². The fraction of sp³-hybridized carbons (Fsp3) is 0.188. The Morgan fingerprint density at radius 3 is 2.33 bits per heavy atom. The van der Waals surface area contributed by atoms with Crippen molar-refractivity contribution in [2.24, 2.45) is 0 Å². The van der Waals surface area contributed by atoms with Crippen molar-refractivity contribution in [1.29, 1.82) is 0 Å². The third-order valence-electron chi connectivity index (χ3n) is 3.49. The molecule has 0 aliphatic carbocycles. The van der Waals surface area contributed by atoms with Gasteiger partial charge in [-0.3, -0.25) is 4.79 Å². The lowest BCUT2D eigenvalue weighted by Gasteiger charge is -2.16. The molecule has 0 spiro atoms. The highest BCUT2D eigenvalue weighted by atomic mass is 35.5. The van der Waals surface area contributed by atoms with Gasteiger partial charge < -0.3 is 10.4 Å². The standard InChI is InChI=1S/C16H15Cl2NO4S/c1-9(16(20)21)12-5-3-10(17)7-15(12)19-14-6-4-11(8-13(14)18)24(2,22)23/h3-9,19H,1-2H3,(H,20,21). The monoisotopic (exact) mass is 387 g/mol. The number of carbonyl (C=O) groups is 1. The second kappa shape index (κ2) is 7.01. The normalized spacial score (nSPS) is 12.7. The zero-order valence-electron chi connectivity index (χ0n) is 12.9. The number of halogens is 2. The number of nitrogens with one attached hydrogen (secondary N) is 1. The quantitative estimate of drug-likeness (QED) is 0.797. The third-order valence-corrected chi connectivity index (χ3v) is 5.15. The van der Waals surface area contributed by atoms with Gasteiger partial charge in [0.2, 0.25) is 0 Å². The smallest absolute Gasteiger partial charge is 0.310 e. The molecule has 0 heterocycles. The van der Waals surface area contributed by atoms with Gasteiger partial charge in [-0.2, -0.15) is 0 Å². The van der Waals surface area contributed by atoms with E-state index in [-0.39, 0.29) is 9.92 Å². The highest BCUT2D eigenvalue weighted by Gasteiger charge is 2.19. The molecule has 0 aliphatic heterocycles. The number of hydrogen-bond donors (Lipinski definition) is 2. The lowest BCUT2D eigenvalue weighted by atomic mass is 9.99. The van der Waals surface area contributed by atoms with E-state index in [2.05, 4.69) is 5.32 Å². The summed E-state index contributed by atoms with van der Waals surface area (Å²) >= 11 is 12.1. The first-order valence-electron chi connectivity index (χ1n) is 6.88. The minimum atomic E-state index is -3.37. The predicted molar refractivity (Wildman–Crippen MR) is 95.3 cm³/mol. The number of carboxylic acids is 1. The van der Waals surface area contributed by atoms with Crippen LogP contribution in [0.4, 0.5) is 11.4 Å². The summed E-state index contributed by atoms with van der Waals surface area (Å²) in [6, 6.07) is 9.11. The van der Waals surface area contributed by atoms with E-state index in [9.17, 15) is 18.3 Å². The average molecular weight is 388 g/mol. The number of anilines is 2. The molecule has 2 rings (SSSR count). The highest BCUT2D eigenvalue weighted by molar-refractivity contribution is 7.90. The summed E-state index contributed by atoms with van der Waals surface area (Å²) in [6.07, 6.45) is 1.09. The molecule has 0 fully saturated rings. The van der Waals surface area contributed by atoms with E-state index in [1.54, 1.807) is 25.1 Å². The molecule has 24 heavy (non-hydrogen) atoms. The van der Waals surface area contributed by atoms with Crippen LogP contribution in [0.2, 0.25) is 10.0 Å². The largest absolute Gasteiger partial charge is 0.481 e. The topological polar surface area (TPSA) is 83.5 Å². The summed E-state index contributed by atoms with van der Waals surface area (Å²) in [5.41, 5.74) is 1.48. The van der Waals surface area contributed by atoms with Gasteiger partial charge in [-0.1, -0.05) is 29.3 Å². The number of hydrogen-bond acceptors (Lipinski definition) is 4. The number of rotatable bonds is 5. The van der Waals surface area contributed by atoms with Gasteiger partial charge in [0, 0.05) is 17.0 Å². The van der Waals surface area contributed by atoms with Crippen LogP contribution in [0.3, 0.4) is 0 Å². The van der Waals surface area contributed by atoms with Crippen molar-refractivity contribution in [2.45, 2.75) is 17.7 Å². The summed E-state index contributed by atoms with van der Waals surface area (Å²) < 4.78 is 23.1. The second-order valence-corrected chi connectivity index (χ2v) is 8.19. The first kappa shape index (κ1) is 18.6. The van der Waals surface area contributed by atoms with Crippen molar-refractivity contribution in [3.8, 4) is 0 Å². The molecule has 0 bridgehead atoms. The zero-order chi connectivity index (χ0) is 18.1. The number of carboxylic acid groups (broad SMARTS) is 1. The summed E-state index contributed by atoms with van der Waals surface area (Å²) in [4.78, 5) is 11.4. The van der Waals surface area contributed by atoms with Gasteiger partial charge in [-0.05, 0) is 42.8 Å². The SMILES string of the molecule is CC(C(=O)O)c1ccc(Cl)cc1Nc1ccc(S(C)(=O)=O)cc1Cl. The summed E-state index contributed by atoms with van der Waals surface area (Å²) in [7, 11) is -3.37. The first-order valence-corrected chi connectivity index (χ1v) is 9.53. The van der Waals surface area contributed by atoms with Gasteiger partial charge in [-0.25, -0.2) is 8.42 Å².